The van der Waals surface area contributed by atoms with Crippen LogP contribution < -0.4 is 0 Å². The van der Waals surface area contributed by atoms with Gasteiger partial charge in [-0.2, -0.15) is 0 Å². The van der Waals surface area contributed by atoms with Crippen molar-refractivity contribution in [2.24, 2.45) is 0 Å². The molecule has 0 atom stereocenters. The van der Waals surface area contributed by atoms with Crippen molar-refractivity contribution in [3.63, 3.8) is 0 Å². The summed E-state index contributed by atoms with van der Waals surface area (Å²) in [6.07, 6.45) is 1.78. The zero-order valence-electron chi connectivity index (χ0n) is 10.1. The molecule has 0 aliphatic carbocycles. The van der Waals surface area contributed by atoms with Gasteiger partial charge >= 0.3 is 20.4 Å². The fraction of sp³-hybridized carbons (Fsp3) is 0. The molecule has 0 spiro atoms. The summed E-state index contributed by atoms with van der Waals surface area (Å²) in [7, 11) is 0. The van der Waals surface area contributed by atoms with Crippen LogP contribution in [0.4, 0.5) is 0 Å². The Hall–Kier alpha value is -1.82. The SMILES string of the molecule is [Pd+2].c1ccc(-c2cccc(-c3ccccn3)n2)cc1. The molecule has 0 amide bonds. The third kappa shape index (κ3) is 3.14. The van der Waals surface area contributed by atoms with Crippen LogP contribution in [0.25, 0.3) is 22.6 Å². The van der Waals surface area contributed by atoms with Gasteiger partial charge in [0.15, 0.2) is 0 Å². The summed E-state index contributed by atoms with van der Waals surface area (Å²) in [6, 6.07) is 22.0. The Bertz CT molecular complexity index is 584. The molecule has 0 bridgehead atoms. The minimum absolute atomic E-state index is 0. The second-order valence-corrected chi connectivity index (χ2v) is 3.99. The fourth-order valence-electron chi connectivity index (χ4n) is 1.86. The van der Waals surface area contributed by atoms with E-state index in [1.807, 2.05) is 54.6 Å². The summed E-state index contributed by atoms with van der Waals surface area (Å²) in [6.45, 7) is 0. The van der Waals surface area contributed by atoms with E-state index < -0.39 is 0 Å². The molecule has 1 aromatic carbocycles. The van der Waals surface area contributed by atoms with Crippen molar-refractivity contribution in [2.75, 3.05) is 0 Å². The van der Waals surface area contributed by atoms with E-state index in [1.54, 1.807) is 6.20 Å². The van der Waals surface area contributed by atoms with E-state index in [9.17, 15) is 0 Å². The number of aromatic nitrogens is 2. The molecule has 0 N–H and O–H groups in total. The first-order chi connectivity index (χ1) is 8.93. The Morgan fingerprint density at radius 3 is 2.00 bits per heavy atom. The number of hydrogen-bond acceptors (Lipinski definition) is 2. The van der Waals surface area contributed by atoms with Crippen LogP contribution >= 0.6 is 0 Å². The molecule has 3 rings (SSSR count). The van der Waals surface area contributed by atoms with Gasteiger partial charge < -0.3 is 0 Å². The molecule has 2 aromatic heterocycles. The first-order valence-corrected chi connectivity index (χ1v) is 5.87. The number of nitrogens with zero attached hydrogens (tertiary/aromatic N) is 2. The van der Waals surface area contributed by atoms with Crippen LogP contribution in [-0.2, 0) is 20.4 Å². The second-order valence-electron chi connectivity index (χ2n) is 3.99. The average molecular weight is 339 g/mol. The summed E-state index contributed by atoms with van der Waals surface area (Å²) in [5.74, 6) is 0. The van der Waals surface area contributed by atoms with E-state index in [-0.39, 0.29) is 20.4 Å². The van der Waals surface area contributed by atoms with Crippen LogP contribution in [0.1, 0.15) is 0 Å². The minimum atomic E-state index is 0. The maximum absolute atomic E-state index is 4.65. The molecular weight excluding hydrogens is 327 g/mol. The van der Waals surface area contributed by atoms with Gasteiger partial charge in [-0.05, 0) is 24.3 Å². The maximum atomic E-state index is 4.65. The molecule has 0 fully saturated rings. The predicted molar refractivity (Wildman–Crippen MR) is 72.9 cm³/mol. The van der Waals surface area contributed by atoms with E-state index in [1.165, 1.54) is 0 Å². The zero-order valence-corrected chi connectivity index (χ0v) is 11.7. The Morgan fingerprint density at radius 2 is 1.26 bits per heavy atom. The van der Waals surface area contributed by atoms with E-state index in [0.29, 0.717) is 0 Å². The first-order valence-electron chi connectivity index (χ1n) is 5.87. The Kier molecular flexibility index (Phi) is 4.57. The molecule has 0 saturated heterocycles. The van der Waals surface area contributed by atoms with Gasteiger partial charge in [-0.15, -0.1) is 0 Å². The molecule has 0 radical (unpaired) electrons. The normalized spacial score (nSPS) is 9.68. The van der Waals surface area contributed by atoms with Gasteiger partial charge in [-0.25, -0.2) is 4.98 Å². The summed E-state index contributed by atoms with van der Waals surface area (Å²) < 4.78 is 0. The Labute approximate surface area is 126 Å². The van der Waals surface area contributed by atoms with E-state index in [0.717, 1.165) is 22.6 Å². The van der Waals surface area contributed by atoms with Gasteiger partial charge in [0.05, 0.1) is 17.1 Å². The van der Waals surface area contributed by atoms with Crippen molar-refractivity contribution < 1.29 is 20.4 Å². The molecule has 3 aromatic rings. The van der Waals surface area contributed by atoms with Crippen LogP contribution in [0.15, 0.2) is 72.9 Å². The third-order valence-electron chi connectivity index (χ3n) is 2.75. The summed E-state index contributed by atoms with van der Waals surface area (Å²) in [5, 5.41) is 0. The fourth-order valence-corrected chi connectivity index (χ4v) is 1.86. The van der Waals surface area contributed by atoms with Crippen LogP contribution in [0.2, 0.25) is 0 Å². The summed E-state index contributed by atoms with van der Waals surface area (Å²) >= 11 is 0. The molecule has 94 valence electrons. The topological polar surface area (TPSA) is 25.8 Å². The molecular formula is C16H12N2Pd+2. The van der Waals surface area contributed by atoms with Crippen molar-refractivity contribution in [2.45, 2.75) is 0 Å². The van der Waals surface area contributed by atoms with Gasteiger partial charge in [0.25, 0.3) is 0 Å². The van der Waals surface area contributed by atoms with Crippen LogP contribution in [0.3, 0.4) is 0 Å². The monoisotopic (exact) mass is 338 g/mol. The molecule has 2 heterocycles. The zero-order chi connectivity index (χ0) is 12.2. The van der Waals surface area contributed by atoms with Gasteiger partial charge in [0, 0.05) is 11.8 Å². The molecule has 0 unspecified atom stereocenters. The second kappa shape index (κ2) is 6.38. The van der Waals surface area contributed by atoms with Gasteiger partial charge in [0.2, 0.25) is 0 Å². The Morgan fingerprint density at radius 1 is 0.579 bits per heavy atom. The Balaban J connectivity index is 0.00000133. The first kappa shape index (κ1) is 13.6. The maximum Gasteiger partial charge on any atom is 2.00 e. The third-order valence-corrected chi connectivity index (χ3v) is 2.75. The summed E-state index contributed by atoms with van der Waals surface area (Å²) in [5.41, 5.74) is 3.89. The van der Waals surface area contributed by atoms with Crippen molar-refractivity contribution >= 4 is 0 Å². The quantitative estimate of drug-likeness (QED) is 0.664. The molecule has 3 heteroatoms. The predicted octanol–water partition coefficient (Wildman–Crippen LogP) is 3.81. The van der Waals surface area contributed by atoms with Crippen LogP contribution in [0, 0.1) is 0 Å². The van der Waals surface area contributed by atoms with Crippen LogP contribution in [0.5, 0.6) is 0 Å². The minimum Gasteiger partial charge on any atom is -0.255 e. The van der Waals surface area contributed by atoms with Crippen molar-refractivity contribution in [1.82, 2.24) is 9.97 Å². The van der Waals surface area contributed by atoms with E-state index >= 15 is 0 Å². The van der Waals surface area contributed by atoms with Crippen molar-refractivity contribution in [3.05, 3.63) is 72.9 Å². The van der Waals surface area contributed by atoms with Crippen molar-refractivity contribution in [3.8, 4) is 22.6 Å². The van der Waals surface area contributed by atoms with Gasteiger partial charge in [-0.1, -0.05) is 42.5 Å². The summed E-state index contributed by atoms with van der Waals surface area (Å²) in [4.78, 5) is 8.97. The largest absolute Gasteiger partial charge is 2.00 e. The van der Waals surface area contributed by atoms with Crippen molar-refractivity contribution in [1.29, 1.82) is 0 Å². The number of rotatable bonds is 2. The smallest absolute Gasteiger partial charge is 0.255 e. The van der Waals surface area contributed by atoms with E-state index in [4.69, 9.17) is 0 Å². The molecule has 0 saturated carbocycles. The number of pyridine rings is 2. The number of benzene rings is 1. The average Bonchev–Trinajstić information content (AvgIpc) is 2.49. The molecule has 0 aliphatic rings. The number of hydrogen-bond donors (Lipinski definition) is 0. The van der Waals surface area contributed by atoms with Gasteiger partial charge in [0.1, 0.15) is 0 Å². The molecule has 19 heavy (non-hydrogen) atoms. The van der Waals surface area contributed by atoms with E-state index in [2.05, 4.69) is 22.1 Å². The van der Waals surface area contributed by atoms with Crippen LogP contribution in [-0.4, -0.2) is 9.97 Å². The molecule has 0 aliphatic heterocycles. The van der Waals surface area contributed by atoms with Gasteiger partial charge in [-0.3, -0.25) is 4.98 Å². The molecule has 2 nitrogen and oxygen atoms in total. The standard InChI is InChI=1S/C16H12N2.Pd/c1-2-7-13(8-3-1)14-10-6-11-16(18-14)15-9-4-5-12-17-15;/h1-12H;/q;+2.